The van der Waals surface area contributed by atoms with Crippen LogP contribution in [-0.2, 0) is 6.54 Å². The van der Waals surface area contributed by atoms with E-state index in [-0.39, 0.29) is 0 Å². The summed E-state index contributed by atoms with van der Waals surface area (Å²) in [6.07, 6.45) is 5.33. The van der Waals surface area contributed by atoms with E-state index in [0.29, 0.717) is 13.1 Å². The second kappa shape index (κ2) is 5.12. The van der Waals surface area contributed by atoms with E-state index in [1.165, 1.54) is 0 Å². The summed E-state index contributed by atoms with van der Waals surface area (Å²) in [6, 6.07) is 0. The molecule has 0 aliphatic heterocycles. The number of imidazole rings is 1. The average molecular weight is 197 g/mol. The maximum atomic E-state index is 9.85. The molecule has 0 amide bonds. The summed E-state index contributed by atoms with van der Waals surface area (Å²) in [5.74, 6) is 0.900. The third kappa shape index (κ3) is 3.89. The van der Waals surface area contributed by atoms with Crippen molar-refractivity contribution in [1.82, 2.24) is 15.3 Å². The molecule has 0 aliphatic rings. The fourth-order valence-corrected chi connectivity index (χ4v) is 1.47. The fourth-order valence-electron chi connectivity index (χ4n) is 1.47. The minimum absolute atomic E-state index is 0.599. The number of aromatic nitrogens is 2. The maximum absolute atomic E-state index is 9.85. The zero-order chi connectivity index (χ0) is 10.4. The van der Waals surface area contributed by atoms with Crippen molar-refractivity contribution in [2.75, 3.05) is 6.54 Å². The van der Waals surface area contributed by atoms with E-state index in [1.807, 2.05) is 6.92 Å². The Bertz CT molecular complexity index is 244. The van der Waals surface area contributed by atoms with Crippen molar-refractivity contribution < 1.29 is 5.11 Å². The van der Waals surface area contributed by atoms with Gasteiger partial charge in [-0.15, -0.1) is 0 Å². The Labute approximate surface area is 84.8 Å². The van der Waals surface area contributed by atoms with Gasteiger partial charge in [-0.1, -0.05) is 13.3 Å². The normalized spacial score (nSPS) is 15.4. The lowest BCUT2D eigenvalue weighted by atomic mass is 10.0. The first kappa shape index (κ1) is 11.2. The lowest BCUT2D eigenvalue weighted by Crippen LogP contribution is -2.37. The topological polar surface area (TPSA) is 60.9 Å². The van der Waals surface area contributed by atoms with Gasteiger partial charge >= 0.3 is 0 Å². The first-order valence-corrected chi connectivity index (χ1v) is 5.05. The highest BCUT2D eigenvalue weighted by atomic mass is 16.3. The van der Waals surface area contributed by atoms with Gasteiger partial charge in [0.2, 0.25) is 0 Å². The molecule has 0 bridgehead atoms. The number of H-pyrrole nitrogens is 1. The molecule has 0 spiro atoms. The van der Waals surface area contributed by atoms with Crippen LogP contribution in [0.2, 0.25) is 0 Å². The van der Waals surface area contributed by atoms with Crippen LogP contribution in [0.3, 0.4) is 0 Å². The molecular weight excluding hydrogens is 178 g/mol. The van der Waals surface area contributed by atoms with E-state index >= 15 is 0 Å². The minimum atomic E-state index is -0.610. The summed E-state index contributed by atoms with van der Waals surface area (Å²) < 4.78 is 0. The molecule has 14 heavy (non-hydrogen) atoms. The molecule has 3 N–H and O–H groups in total. The standard InChI is InChI=1S/C10H19N3O/c1-3-4-10(2,14)8-11-7-9-12-5-6-13-9/h5-6,11,14H,3-4,7-8H2,1-2H3,(H,12,13). The number of hydrogen-bond donors (Lipinski definition) is 3. The van der Waals surface area contributed by atoms with E-state index in [1.54, 1.807) is 12.4 Å². The Balaban J connectivity index is 2.20. The Morgan fingerprint density at radius 2 is 2.43 bits per heavy atom. The fraction of sp³-hybridized carbons (Fsp3) is 0.700. The number of nitrogens with zero attached hydrogens (tertiary/aromatic N) is 1. The van der Waals surface area contributed by atoms with Crippen LogP contribution in [-0.4, -0.2) is 27.2 Å². The maximum Gasteiger partial charge on any atom is 0.120 e. The summed E-state index contributed by atoms with van der Waals surface area (Å²) >= 11 is 0. The van der Waals surface area contributed by atoms with Crippen molar-refractivity contribution in [3.8, 4) is 0 Å². The largest absolute Gasteiger partial charge is 0.389 e. The highest BCUT2D eigenvalue weighted by Gasteiger charge is 2.17. The number of nitrogens with one attached hydrogen (secondary N) is 2. The Morgan fingerprint density at radius 1 is 1.64 bits per heavy atom. The smallest absolute Gasteiger partial charge is 0.120 e. The van der Waals surface area contributed by atoms with Gasteiger partial charge in [0.25, 0.3) is 0 Å². The van der Waals surface area contributed by atoms with Gasteiger partial charge in [0.05, 0.1) is 12.1 Å². The highest BCUT2D eigenvalue weighted by molar-refractivity contribution is 4.87. The van der Waals surface area contributed by atoms with Crippen molar-refractivity contribution in [2.45, 2.75) is 38.8 Å². The molecule has 4 heteroatoms. The molecule has 1 unspecified atom stereocenters. The van der Waals surface area contributed by atoms with Gasteiger partial charge in [-0.2, -0.15) is 0 Å². The van der Waals surface area contributed by atoms with Crippen LogP contribution >= 0.6 is 0 Å². The summed E-state index contributed by atoms with van der Waals surface area (Å²) in [5.41, 5.74) is -0.610. The van der Waals surface area contributed by atoms with Gasteiger partial charge < -0.3 is 15.4 Å². The number of aromatic amines is 1. The zero-order valence-corrected chi connectivity index (χ0v) is 8.88. The SMILES string of the molecule is CCCC(C)(O)CNCc1ncc[nH]1. The second-order valence-electron chi connectivity index (χ2n) is 3.89. The molecule has 4 nitrogen and oxygen atoms in total. The first-order chi connectivity index (χ1) is 6.64. The highest BCUT2D eigenvalue weighted by Crippen LogP contribution is 2.09. The lowest BCUT2D eigenvalue weighted by molar-refractivity contribution is 0.0496. The number of aliphatic hydroxyl groups is 1. The number of rotatable bonds is 6. The third-order valence-electron chi connectivity index (χ3n) is 2.14. The van der Waals surface area contributed by atoms with Gasteiger partial charge in [-0.25, -0.2) is 4.98 Å². The monoisotopic (exact) mass is 197 g/mol. The molecule has 0 aliphatic carbocycles. The molecule has 1 rings (SSSR count). The zero-order valence-electron chi connectivity index (χ0n) is 8.88. The predicted octanol–water partition coefficient (Wildman–Crippen LogP) is 1.05. The summed E-state index contributed by atoms with van der Waals surface area (Å²) in [7, 11) is 0. The van der Waals surface area contributed by atoms with E-state index in [2.05, 4.69) is 22.2 Å². The van der Waals surface area contributed by atoms with Crippen LogP contribution in [0.4, 0.5) is 0 Å². The van der Waals surface area contributed by atoms with Gasteiger partial charge in [0.1, 0.15) is 5.82 Å². The van der Waals surface area contributed by atoms with Gasteiger partial charge in [0, 0.05) is 18.9 Å². The van der Waals surface area contributed by atoms with E-state index in [9.17, 15) is 5.11 Å². The van der Waals surface area contributed by atoms with E-state index in [0.717, 1.165) is 18.7 Å². The molecule has 0 saturated heterocycles. The van der Waals surface area contributed by atoms with Crippen molar-refractivity contribution in [3.05, 3.63) is 18.2 Å². The Kier molecular flexibility index (Phi) is 4.10. The van der Waals surface area contributed by atoms with Crippen LogP contribution in [0, 0.1) is 0 Å². The molecule has 0 radical (unpaired) electrons. The predicted molar refractivity (Wildman–Crippen MR) is 55.8 cm³/mol. The molecule has 1 heterocycles. The lowest BCUT2D eigenvalue weighted by Gasteiger charge is -2.22. The quantitative estimate of drug-likeness (QED) is 0.639. The molecule has 0 fully saturated rings. The molecular formula is C10H19N3O. The Hall–Kier alpha value is -0.870. The Morgan fingerprint density at radius 3 is 3.00 bits per heavy atom. The third-order valence-corrected chi connectivity index (χ3v) is 2.14. The molecule has 0 saturated carbocycles. The minimum Gasteiger partial charge on any atom is -0.389 e. The molecule has 1 atom stereocenters. The summed E-state index contributed by atoms with van der Waals surface area (Å²) in [6.45, 7) is 5.20. The van der Waals surface area contributed by atoms with E-state index in [4.69, 9.17) is 0 Å². The molecule has 1 aromatic rings. The van der Waals surface area contributed by atoms with Crippen molar-refractivity contribution in [1.29, 1.82) is 0 Å². The van der Waals surface area contributed by atoms with Crippen molar-refractivity contribution >= 4 is 0 Å². The second-order valence-corrected chi connectivity index (χ2v) is 3.89. The van der Waals surface area contributed by atoms with E-state index < -0.39 is 5.60 Å². The summed E-state index contributed by atoms with van der Waals surface area (Å²) in [4.78, 5) is 7.08. The van der Waals surface area contributed by atoms with Crippen molar-refractivity contribution in [2.24, 2.45) is 0 Å². The van der Waals surface area contributed by atoms with Crippen LogP contribution in [0.5, 0.6) is 0 Å². The van der Waals surface area contributed by atoms with Crippen LogP contribution < -0.4 is 5.32 Å². The first-order valence-electron chi connectivity index (χ1n) is 5.05. The van der Waals surface area contributed by atoms with Gasteiger partial charge in [-0.05, 0) is 13.3 Å². The van der Waals surface area contributed by atoms with Crippen LogP contribution in [0.1, 0.15) is 32.5 Å². The molecule has 0 aromatic carbocycles. The molecule has 1 aromatic heterocycles. The average Bonchev–Trinajstić information content (AvgIpc) is 2.56. The molecule has 80 valence electrons. The number of hydrogen-bond acceptors (Lipinski definition) is 3. The van der Waals surface area contributed by atoms with Crippen molar-refractivity contribution in [3.63, 3.8) is 0 Å². The van der Waals surface area contributed by atoms with Crippen LogP contribution in [0.15, 0.2) is 12.4 Å². The van der Waals surface area contributed by atoms with Gasteiger partial charge in [0.15, 0.2) is 0 Å². The summed E-state index contributed by atoms with van der Waals surface area (Å²) in [5, 5.41) is 13.0. The van der Waals surface area contributed by atoms with Gasteiger partial charge in [-0.3, -0.25) is 0 Å². The van der Waals surface area contributed by atoms with Crippen LogP contribution in [0.25, 0.3) is 0 Å².